The van der Waals surface area contributed by atoms with Gasteiger partial charge in [-0.2, -0.15) is 0 Å². The van der Waals surface area contributed by atoms with Gasteiger partial charge in [-0.25, -0.2) is 9.78 Å². The van der Waals surface area contributed by atoms with Gasteiger partial charge in [-0.1, -0.05) is 13.8 Å². The zero-order chi connectivity index (χ0) is 15.0. The fraction of sp³-hybridized carbons (Fsp3) is 0.714. The molecule has 0 aliphatic rings. The number of thiazole rings is 1. The van der Waals surface area contributed by atoms with E-state index in [1.54, 1.807) is 11.3 Å². The minimum absolute atomic E-state index is 0.0695. The van der Waals surface area contributed by atoms with Crippen molar-refractivity contribution in [2.45, 2.75) is 52.6 Å². The fourth-order valence-corrected chi connectivity index (χ4v) is 2.86. The van der Waals surface area contributed by atoms with E-state index < -0.39 is 0 Å². The molecule has 0 saturated carbocycles. The van der Waals surface area contributed by atoms with Gasteiger partial charge in [0.25, 0.3) is 0 Å². The minimum Gasteiger partial charge on any atom is -0.396 e. The molecule has 0 aliphatic carbocycles. The summed E-state index contributed by atoms with van der Waals surface area (Å²) < 4.78 is 0. The molecule has 0 spiro atoms. The molecule has 0 bridgehead atoms. The van der Waals surface area contributed by atoms with Crippen LogP contribution >= 0.6 is 11.3 Å². The Kier molecular flexibility index (Phi) is 7.54. The average molecular weight is 299 g/mol. The van der Waals surface area contributed by atoms with Crippen molar-refractivity contribution in [3.8, 4) is 0 Å². The monoisotopic (exact) mass is 299 g/mol. The van der Waals surface area contributed by atoms with E-state index in [0.717, 1.165) is 22.7 Å². The van der Waals surface area contributed by atoms with Crippen LogP contribution in [0.15, 0.2) is 6.20 Å². The SMILES string of the molecule is CC(C)Cc1ncc(CNC(=O)NC(C)CCCO)s1. The van der Waals surface area contributed by atoms with Crippen LogP contribution in [0, 0.1) is 5.92 Å². The van der Waals surface area contributed by atoms with Crippen molar-refractivity contribution in [2.24, 2.45) is 5.92 Å². The quantitative estimate of drug-likeness (QED) is 0.689. The smallest absolute Gasteiger partial charge is 0.315 e. The maximum Gasteiger partial charge on any atom is 0.315 e. The Balaban J connectivity index is 2.28. The summed E-state index contributed by atoms with van der Waals surface area (Å²) in [5.74, 6) is 0.595. The molecule has 0 saturated heterocycles. The van der Waals surface area contributed by atoms with Crippen LogP contribution in [-0.4, -0.2) is 28.8 Å². The third kappa shape index (κ3) is 6.86. The number of hydrogen-bond acceptors (Lipinski definition) is 4. The molecule has 1 unspecified atom stereocenters. The summed E-state index contributed by atoms with van der Waals surface area (Å²) in [5.41, 5.74) is 0. The Morgan fingerprint density at radius 1 is 1.45 bits per heavy atom. The van der Waals surface area contributed by atoms with E-state index in [1.165, 1.54) is 0 Å². The van der Waals surface area contributed by atoms with Crippen LogP contribution < -0.4 is 10.6 Å². The minimum atomic E-state index is -0.172. The molecule has 0 fully saturated rings. The first-order chi connectivity index (χ1) is 9.51. The lowest BCUT2D eigenvalue weighted by Crippen LogP contribution is -2.40. The van der Waals surface area contributed by atoms with Crippen LogP contribution in [0.3, 0.4) is 0 Å². The molecule has 0 aromatic carbocycles. The number of aliphatic hydroxyl groups excluding tert-OH is 1. The van der Waals surface area contributed by atoms with Gasteiger partial charge in [0.1, 0.15) is 0 Å². The van der Waals surface area contributed by atoms with E-state index in [1.807, 2.05) is 13.1 Å². The molecule has 5 nitrogen and oxygen atoms in total. The van der Waals surface area contributed by atoms with Crippen molar-refractivity contribution < 1.29 is 9.90 Å². The number of hydrogen-bond donors (Lipinski definition) is 3. The first kappa shape index (κ1) is 16.9. The van der Waals surface area contributed by atoms with Gasteiger partial charge < -0.3 is 15.7 Å². The molecule has 3 N–H and O–H groups in total. The van der Waals surface area contributed by atoms with Gasteiger partial charge >= 0.3 is 6.03 Å². The highest BCUT2D eigenvalue weighted by Gasteiger charge is 2.08. The fourth-order valence-electron chi connectivity index (χ4n) is 1.79. The van der Waals surface area contributed by atoms with Gasteiger partial charge in [-0.15, -0.1) is 11.3 Å². The van der Waals surface area contributed by atoms with E-state index in [-0.39, 0.29) is 18.7 Å². The van der Waals surface area contributed by atoms with E-state index in [2.05, 4.69) is 29.5 Å². The zero-order valence-electron chi connectivity index (χ0n) is 12.5. The summed E-state index contributed by atoms with van der Waals surface area (Å²) in [4.78, 5) is 17.1. The number of carbonyl (C=O) groups excluding carboxylic acids is 1. The van der Waals surface area contributed by atoms with Gasteiger partial charge in [0, 0.05) is 30.1 Å². The van der Waals surface area contributed by atoms with Crippen molar-refractivity contribution in [1.82, 2.24) is 15.6 Å². The van der Waals surface area contributed by atoms with Crippen LogP contribution in [0.2, 0.25) is 0 Å². The Bertz CT molecular complexity index is 407. The van der Waals surface area contributed by atoms with Crippen molar-refractivity contribution in [3.63, 3.8) is 0 Å². The number of aliphatic hydroxyl groups is 1. The molecule has 114 valence electrons. The van der Waals surface area contributed by atoms with E-state index >= 15 is 0 Å². The molecule has 6 heteroatoms. The zero-order valence-corrected chi connectivity index (χ0v) is 13.3. The summed E-state index contributed by atoms with van der Waals surface area (Å²) in [6.07, 6.45) is 4.30. The number of rotatable bonds is 8. The third-order valence-electron chi connectivity index (χ3n) is 2.78. The molecule has 1 atom stereocenters. The summed E-state index contributed by atoms with van der Waals surface area (Å²) >= 11 is 1.65. The Morgan fingerprint density at radius 2 is 2.20 bits per heavy atom. The maximum atomic E-state index is 11.7. The summed E-state index contributed by atoms with van der Waals surface area (Å²) in [7, 11) is 0. The largest absolute Gasteiger partial charge is 0.396 e. The van der Waals surface area contributed by atoms with Gasteiger partial charge in [0.15, 0.2) is 0 Å². The molecule has 1 heterocycles. The average Bonchev–Trinajstić information content (AvgIpc) is 2.80. The van der Waals surface area contributed by atoms with Gasteiger partial charge in [-0.05, 0) is 25.7 Å². The van der Waals surface area contributed by atoms with Crippen LogP contribution in [0.25, 0.3) is 0 Å². The lowest BCUT2D eigenvalue weighted by Gasteiger charge is -2.13. The lowest BCUT2D eigenvalue weighted by molar-refractivity contribution is 0.234. The normalized spacial score (nSPS) is 12.4. The first-order valence-electron chi connectivity index (χ1n) is 7.10. The number of nitrogens with one attached hydrogen (secondary N) is 2. The standard InChI is InChI=1S/C14H25N3O2S/c1-10(2)7-13-15-8-12(20-13)9-16-14(19)17-11(3)5-4-6-18/h8,10-11,18H,4-7,9H2,1-3H3,(H2,16,17,19). The molecular formula is C14H25N3O2S. The molecular weight excluding hydrogens is 274 g/mol. The number of amides is 2. The van der Waals surface area contributed by atoms with Gasteiger partial charge in [-0.3, -0.25) is 0 Å². The predicted molar refractivity (Wildman–Crippen MR) is 81.8 cm³/mol. The highest BCUT2D eigenvalue weighted by molar-refractivity contribution is 7.11. The van der Waals surface area contributed by atoms with Crippen LogP contribution in [0.5, 0.6) is 0 Å². The summed E-state index contributed by atoms with van der Waals surface area (Å²) in [6, 6.07) is -0.102. The number of aromatic nitrogens is 1. The second-order valence-electron chi connectivity index (χ2n) is 5.41. The Labute approximate surface area is 124 Å². The highest BCUT2D eigenvalue weighted by atomic mass is 32.1. The Morgan fingerprint density at radius 3 is 2.85 bits per heavy atom. The second-order valence-corrected chi connectivity index (χ2v) is 6.61. The van der Waals surface area contributed by atoms with Gasteiger partial charge in [0.05, 0.1) is 11.6 Å². The van der Waals surface area contributed by atoms with Crippen molar-refractivity contribution >= 4 is 17.4 Å². The van der Waals surface area contributed by atoms with Crippen LogP contribution in [0.4, 0.5) is 4.79 Å². The first-order valence-corrected chi connectivity index (χ1v) is 7.91. The molecule has 1 aromatic heterocycles. The van der Waals surface area contributed by atoms with Crippen molar-refractivity contribution in [1.29, 1.82) is 0 Å². The topological polar surface area (TPSA) is 74.2 Å². The van der Waals surface area contributed by atoms with Crippen molar-refractivity contribution in [2.75, 3.05) is 6.61 Å². The van der Waals surface area contributed by atoms with E-state index in [0.29, 0.717) is 18.9 Å². The highest BCUT2D eigenvalue weighted by Crippen LogP contribution is 2.16. The summed E-state index contributed by atoms with van der Waals surface area (Å²) in [6.45, 7) is 6.94. The lowest BCUT2D eigenvalue weighted by atomic mass is 10.1. The summed E-state index contributed by atoms with van der Waals surface area (Å²) in [5, 5.41) is 15.5. The molecule has 2 amide bonds. The Hall–Kier alpha value is -1.14. The molecule has 0 radical (unpaired) electrons. The van der Waals surface area contributed by atoms with Crippen molar-refractivity contribution in [3.05, 3.63) is 16.1 Å². The third-order valence-corrected chi connectivity index (χ3v) is 3.80. The maximum absolute atomic E-state index is 11.7. The van der Waals surface area contributed by atoms with Crippen LogP contribution in [0.1, 0.15) is 43.5 Å². The molecule has 20 heavy (non-hydrogen) atoms. The molecule has 0 aliphatic heterocycles. The second kappa shape index (κ2) is 8.92. The van der Waals surface area contributed by atoms with Crippen LogP contribution in [-0.2, 0) is 13.0 Å². The van der Waals surface area contributed by atoms with E-state index in [9.17, 15) is 4.79 Å². The number of nitrogens with zero attached hydrogens (tertiary/aromatic N) is 1. The van der Waals surface area contributed by atoms with Gasteiger partial charge in [0.2, 0.25) is 0 Å². The molecule has 1 aromatic rings. The number of urea groups is 1. The predicted octanol–water partition coefficient (Wildman–Crippen LogP) is 2.30. The van der Waals surface area contributed by atoms with E-state index in [4.69, 9.17) is 5.11 Å². The molecule has 1 rings (SSSR count). The number of carbonyl (C=O) groups is 1.